The minimum atomic E-state index is 0.234. The fourth-order valence-corrected chi connectivity index (χ4v) is 1.82. The number of fused-ring (bicyclic) bond motifs is 1. The fraction of sp³-hybridized carbons (Fsp3) is 0.385. The van der Waals surface area contributed by atoms with Crippen LogP contribution in [-0.4, -0.2) is 6.04 Å². The molecule has 80 valence electrons. The molecule has 1 heterocycles. The van der Waals surface area contributed by atoms with Crippen LogP contribution in [0.5, 0.6) is 0 Å². The maximum Gasteiger partial charge on any atom is 0.134 e. The lowest BCUT2D eigenvalue weighted by atomic mass is 10.1. The molecule has 0 radical (unpaired) electrons. The second-order valence-corrected chi connectivity index (χ2v) is 4.16. The highest BCUT2D eigenvalue weighted by Gasteiger charge is 2.09. The SMILES string of the molecule is Cc1c(CC[C@@H](C)N)oc2ccccc12. The van der Waals surface area contributed by atoms with E-state index in [0.29, 0.717) is 0 Å². The van der Waals surface area contributed by atoms with Crippen molar-refractivity contribution in [2.45, 2.75) is 32.7 Å². The van der Waals surface area contributed by atoms with Gasteiger partial charge in [-0.05, 0) is 31.9 Å². The van der Waals surface area contributed by atoms with Crippen LogP contribution in [0, 0.1) is 6.92 Å². The molecule has 2 aromatic rings. The van der Waals surface area contributed by atoms with Gasteiger partial charge < -0.3 is 10.2 Å². The van der Waals surface area contributed by atoms with Crippen LogP contribution in [0.1, 0.15) is 24.7 Å². The molecule has 0 spiro atoms. The van der Waals surface area contributed by atoms with Gasteiger partial charge in [-0.25, -0.2) is 0 Å². The van der Waals surface area contributed by atoms with Crippen molar-refractivity contribution in [1.29, 1.82) is 0 Å². The molecule has 0 saturated heterocycles. The number of para-hydroxylation sites is 1. The van der Waals surface area contributed by atoms with Crippen LogP contribution in [0.15, 0.2) is 28.7 Å². The van der Waals surface area contributed by atoms with Crippen molar-refractivity contribution in [3.05, 3.63) is 35.6 Å². The third kappa shape index (κ3) is 2.05. The van der Waals surface area contributed by atoms with Crippen LogP contribution >= 0.6 is 0 Å². The van der Waals surface area contributed by atoms with Gasteiger partial charge in [0, 0.05) is 17.8 Å². The van der Waals surface area contributed by atoms with Crippen molar-refractivity contribution >= 4 is 11.0 Å². The van der Waals surface area contributed by atoms with E-state index >= 15 is 0 Å². The van der Waals surface area contributed by atoms with Crippen LogP contribution in [-0.2, 0) is 6.42 Å². The molecule has 1 atom stereocenters. The van der Waals surface area contributed by atoms with Gasteiger partial charge in [0.2, 0.25) is 0 Å². The zero-order chi connectivity index (χ0) is 10.8. The van der Waals surface area contributed by atoms with Gasteiger partial charge >= 0.3 is 0 Å². The summed E-state index contributed by atoms with van der Waals surface area (Å²) in [6.07, 6.45) is 1.90. The maximum atomic E-state index is 5.79. The van der Waals surface area contributed by atoms with Crippen LogP contribution in [0.2, 0.25) is 0 Å². The zero-order valence-corrected chi connectivity index (χ0v) is 9.29. The summed E-state index contributed by atoms with van der Waals surface area (Å²) in [6.45, 7) is 4.14. The van der Waals surface area contributed by atoms with Crippen molar-refractivity contribution in [2.75, 3.05) is 0 Å². The molecule has 0 aliphatic heterocycles. The first kappa shape index (κ1) is 10.2. The van der Waals surface area contributed by atoms with Crippen LogP contribution in [0.3, 0.4) is 0 Å². The first-order valence-electron chi connectivity index (χ1n) is 5.41. The largest absolute Gasteiger partial charge is 0.461 e. The van der Waals surface area contributed by atoms with Gasteiger partial charge in [0.05, 0.1) is 0 Å². The molecule has 1 aromatic carbocycles. The number of furan rings is 1. The Bertz CT molecular complexity index is 457. The van der Waals surface area contributed by atoms with Crippen LogP contribution in [0.4, 0.5) is 0 Å². The Hall–Kier alpha value is -1.28. The minimum Gasteiger partial charge on any atom is -0.461 e. The van der Waals surface area contributed by atoms with E-state index in [2.05, 4.69) is 13.0 Å². The number of benzene rings is 1. The third-order valence-corrected chi connectivity index (χ3v) is 2.77. The summed E-state index contributed by atoms with van der Waals surface area (Å²) in [6, 6.07) is 8.39. The number of aryl methyl sites for hydroxylation is 2. The van der Waals surface area contributed by atoms with Gasteiger partial charge in [-0.1, -0.05) is 18.2 Å². The summed E-state index contributed by atoms with van der Waals surface area (Å²) in [4.78, 5) is 0. The smallest absolute Gasteiger partial charge is 0.134 e. The molecule has 2 rings (SSSR count). The topological polar surface area (TPSA) is 39.2 Å². The molecule has 1 aromatic heterocycles. The third-order valence-electron chi connectivity index (χ3n) is 2.77. The van der Waals surface area contributed by atoms with Gasteiger partial charge in [0.25, 0.3) is 0 Å². The summed E-state index contributed by atoms with van der Waals surface area (Å²) in [5, 5.41) is 1.22. The van der Waals surface area contributed by atoms with Gasteiger partial charge in [0.1, 0.15) is 11.3 Å². The first-order chi connectivity index (χ1) is 7.18. The summed E-state index contributed by atoms with van der Waals surface area (Å²) in [5.41, 5.74) is 7.98. The number of hydrogen-bond acceptors (Lipinski definition) is 2. The van der Waals surface area contributed by atoms with E-state index in [1.165, 1.54) is 10.9 Å². The second kappa shape index (κ2) is 4.07. The van der Waals surface area contributed by atoms with Gasteiger partial charge in [-0.15, -0.1) is 0 Å². The average Bonchev–Trinajstić information content (AvgIpc) is 2.54. The Labute approximate surface area is 90.1 Å². The quantitative estimate of drug-likeness (QED) is 0.832. The van der Waals surface area contributed by atoms with Gasteiger partial charge in [-0.2, -0.15) is 0 Å². The van der Waals surface area contributed by atoms with Crippen molar-refractivity contribution in [3.8, 4) is 0 Å². The number of nitrogens with two attached hydrogens (primary N) is 1. The zero-order valence-electron chi connectivity index (χ0n) is 9.29. The van der Waals surface area contributed by atoms with E-state index < -0.39 is 0 Å². The molecule has 2 heteroatoms. The van der Waals surface area contributed by atoms with E-state index in [1.54, 1.807) is 0 Å². The van der Waals surface area contributed by atoms with Crippen molar-refractivity contribution < 1.29 is 4.42 Å². The molecular weight excluding hydrogens is 186 g/mol. The normalized spacial score (nSPS) is 13.3. The average molecular weight is 203 g/mol. The molecule has 0 saturated carbocycles. The first-order valence-corrected chi connectivity index (χ1v) is 5.41. The van der Waals surface area contributed by atoms with E-state index in [1.807, 2.05) is 25.1 Å². The molecule has 0 amide bonds. The standard InChI is InChI=1S/C13H17NO/c1-9(14)7-8-12-10(2)11-5-3-4-6-13(11)15-12/h3-6,9H,7-8,14H2,1-2H3/t9-/m1/s1. The molecule has 15 heavy (non-hydrogen) atoms. The Kier molecular flexibility index (Phi) is 2.78. The Balaban J connectivity index is 2.32. The van der Waals surface area contributed by atoms with Crippen LogP contribution < -0.4 is 5.73 Å². The lowest BCUT2D eigenvalue weighted by Gasteiger charge is -2.02. The molecular formula is C13H17NO. The van der Waals surface area contributed by atoms with Crippen LogP contribution in [0.25, 0.3) is 11.0 Å². The molecule has 0 aliphatic carbocycles. The monoisotopic (exact) mass is 203 g/mol. The number of hydrogen-bond donors (Lipinski definition) is 1. The lowest BCUT2D eigenvalue weighted by Crippen LogP contribution is -2.15. The van der Waals surface area contributed by atoms with Crippen molar-refractivity contribution in [3.63, 3.8) is 0 Å². The molecule has 2 nitrogen and oxygen atoms in total. The highest BCUT2D eigenvalue weighted by molar-refractivity contribution is 5.81. The van der Waals surface area contributed by atoms with E-state index in [9.17, 15) is 0 Å². The minimum absolute atomic E-state index is 0.234. The highest BCUT2D eigenvalue weighted by atomic mass is 16.3. The predicted octanol–water partition coefficient (Wildman–Crippen LogP) is 3.02. The highest BCUT2D eigenvalue weighted by Crippen LogP contribution is 2.25. The van der Waals surface area contributed by atoms with Gasteiger partial charge in [0.15, 0.2) is 0 Å². The van der Waals surface area contributed by atoms with E-state index in [4.69, 9.17) is 10.2 Å². The Morgan fingerprint density at radius 1 is 1.33 bits per heavy atom. The molecule has 0 unspecified atom stereocenters. The summed E-state index contributed by atoms with van der Waals surface area (Å²) >= 11 is 0. The second-order valence-electron chi connectivity index (χ2n) is 4.16. The molecule has 0 fully saturated rings. The lowest BCUT2D eigenvalue weighted by molar-refractivity contribution is 0.519. The van der Waals surface area contributed by atoms with Crippen molar-refractivity contribution in [1.82, 2.24) is 0 Å². The predicted molar refractivity (Wildman–Crippen MR) is 62.9 cm³/mol. The van der Waals surface area contributed by atoms with Gasteiger partial charge in [-0.3, -0.25) is 0 Å². The van der Waals surface area contributed by atoms with Crippen molar-refractivity contribution in [2.24, 2.45) is 5.73 Å². The van der Waals surface area contributed by atoms with E-state index in [0.717, 1.165) is 24.2 Å². The summed E-state index contributed by atoms with van der Waals surface area (Å²) in [5.74, 6) is 1.08. The summed E-state index contributed by atoms with van der Waals surface area (Å²) < 4.78 is 5.79. The molecule has 2 N–H and O–H groups in total. The number of rotatable bonds is 3. The maximum absolute atomic E-state index is 5.79. The Morgan fingerprint density at radius 2 is 2.07 bits per heavy atom. The fourth-order valence-electron chi connectivity index (χ4n) is 1.82. The molecule has 0 bridgehead atoms. The van der Waals surface area contributed by atoms with E-state index in [-0.39, 0.29) is 6.04 Å². The molecule has 0 aliphatic rings. The summed E-state index contributed by atoms with van der Waals surface area (Å²) in [7, 11) is 0. The Morgan fingerprint density at radius 3 is 2.73 bits per heavy atom.